The Morgan fingerprint density at radius 2 is 2.00 bits per heavy atom. The summed E-state index contributed by atoms with van der Waals surface area (Å²) in [6.45, 7) is 3.76. The lowest BCUT2D eigenvalue weighted by Gasteiger charge is -2.12. The van der Waals surface area contributed by atoms with Crippen LogP contribution in [0.3, 0.4) is 0 Å². The molecule has 3 rings (SSSR count). The second-order valence-corrected chi connectivity index (χ2v) is 7.85. The van der Waals surface area contributed by atoms with Gasteiger partial charge in [-0.15, -0.1) is 20.4 Å². The summed E-state index contributed by atoms with van der Waals surface area (Å²) in [5.41, 5.74) is 0.759. The highest BCUT2D eigenvalue weighted by Gasteiger charge is 2.23. The number of nitrogens with one attached hydrogen (secondary N) is 1. The average molecular weight is 392 g/mol. The molecule has 1 N–H and O–H groups in total. The number of hydrogen-bond acceptors (Lipinski definition) is 7. The fraction of sp³-hybridized carbons (Fsp3) is 0.312. The molecular weight excluding hydrogens is 375 g/mol. The third kappa shape index (κ3) is 4.07. The van der Waals surface area contributed by atoms with Gasteiger partial charge in [-0.2, -0.15) is 0 Å². The van der Waals surface area contributed by atoms with Gasteiger partial charge in [0.15, 0.2) is 11.0 Å². The Hall–Kier alpha value is -2.33. The molecule has 2 aromatic heterocycles. The SMILES string of the molecule is CC[C@H](Sc1nnc(-c2ccc(F)cc2)n1C)C(=O)Nc1nnc(C)s1. The maximum Gasteiger partial charge on any atom is 0.239 e. The zero-order valence-corrected chi connectivity index (χ0v) is 16.1. The monoisotopic (exact) mass is 392 g/mol. The van der Waals surface area contributed by atoms with Crippen molar-refractivity contribution in [2.75, 3.05) is 5.32 Å². The Morgan fingerprint density at radius 1 is 1.27 bits per heavy atom. The lowest BCUT2D eigenvalue weighted by molar-refractivity contribution is -0.115. The average Bonchev–Trinajstić information content (AvgIpc) is 3.19. The van der Waals surface area contributed by atoms with Crippen LogP contribution in [0.1, 0.15) is 18.4 Å². The number of aryl methyl sites for hydroxylation is 1. The predicted octanol–water partition coefficient (Wildman–Crippen LogP) is 3.29. The Bertz CT molecular complexity index is 908. The van der Waals surface area contributed by atoms with Crippen LogP contribution in [0.5, 0.6) is 0 Å². The number of nitrogens with zero attached hydrogens (tertiary/aromatic N) is 5. The van der Waals surface area contributed by atoms with Crippen LogP contribution in [-0.2, 0) is 11.8 Å². The van der Waals surface area contributed by atoms with Gasteiger partial charge in [0, 0.05) is 12.6 Å². The van der Waals surface area contributed by atoms with Gasteiger partial charge in [-0.05, 0) is 37.6 Å². The normalized spacial score (nSPS) is 12.2. The zero-order chi connectivity index (χ0) is 18.7. The summed E-state index contributed by atoms with van der Waals surface area (Å²) in [4.78, 5) is 12.5. The molecule has 3 aromatic rings. The lowest BCUT2D eigenvalue weighted by Crippen LogP contribution is -2.25. The van der Waals surface area contributed by atoms with Gasteiger partial charge in [-0.3, -0.25) is 10.1 Å². The molecule has 1 atom stereocenters. The highest BCUT2D eigenvalue weighted by molar-refractivity contribution is 8.00. The second-order valence-electron chi connectivity index (χ2n) is 5.50. The molecule has 136 valence electrons. The second kappa shape index (κ2) is 7.92. The van der Waals surface area contributed by atoms with Gasteiger partial charge in [0.1, 0.15) is 10.8 Å². The smallest absolute Gasteiger partial charge is 0.239 e. The number of aromatic nitrogens is 5. The van der Waals surface area contributed by atoms with Crippen molar-refractivity contribution in [3.63, 3.8) is 0 Å². The molecule has 1 aromatic carbocycles. The lowest BCUT2D eigenvalue weighted by atomic mass is 10.2. The first-order chi connectivity index (χ1) is 12.5. The van der Waals surface area contributed by atoms with Crippen LogP contribution < -0.4 is 5.32 Å². The number of benzene rings is 1. The van der Waals surface area contributed by atoms with Crippen LogP contribution >= 0.6 is 23.1 Å². The van der Waals surface area contributed by atoms with Gasteiger partial charge in [0.2, 0.25) is 11.0 Å². The van der Waals surface area contributed by atoms with Crippen LogP contribution in [0.15, 0.2) is 29.4 Å². The summed E-state index contributed by atoms with van der Waals surface area (Å²) in [6, 6.07) is 6.05. The molecule has 0 saturated heterocycles. The van der Waals surface area contributed by atoms with E-state index >= 15 is 0 Å². The number of carbonyl (C=O) groups excluding carboxylic acids is 1. The third-order valence-electron chi connectivity index (χ3n) is 3.60. The van der Waals surface area contributed by atoms with Gasteiger partial charge < -0.3 is 4.57 Å². The summed E-state index contributed by atoms with van der Waals surface area (Å²) < 4.78 is 14.9. The molecule has 0 spiro atoms. The van der Waals surface area contributed by atoms with E-state index in [0.29, 0.717) is 22.5 Å². The Balaban J connectivity index is 1.74. The molecule has 0 fully saturated rings. The molecule has 2 heterocycles. The van der Waals surface area contributed by atoms with Crippen LogP contribution in [0.4, 0.5) is 9.52 Å². The molecule has 0 aliphatic carbocycles. The van der Waals surface area contributed by atoms with E-state index in [1.54, 1.807) is 16.7 Å². The van der Waals surface area contributed by atoms with Crippen molar-refractivity contribution in [3.8, 4) is 11.4 Å². The van der Waals surface area contributed by atoms with E-state index < -0.39 is 0 Å². The molecule has 26 heavy (non-hydrogen) atoms. The Labute approximate surface area is 158 Å². The molecule has 0 unspecified atom stereocenters. The summed E-state index contributed by atoms with van der Waals surface area (Å²) in [6.07, 6.45) is 0.618. The largest absolute Gasteiger partial charge is 0.305 e. The Morgan fingerprint density at radius 3 is 2.62 bits per heavy atom. The summed E-state index contributed by atoms with van der Waals surface area (Å²) in [5.74, 6) is 0.155. The van der Waals surface area contributed by atoms with Crippen LogP contribution in [0.2, 0.25) is 0 Å². The maximum atomic E-state index is 13.1. The van der Waals surface area contributed by atoms with Crippen LogP contribution in [0, 0.1) is 12.7 Å². The molecule has 0 bridgehead atoms. The number of halogens is 1. The molecule has 10 heteroatoms. The van der Waals surface area contributed by atoms with Gasteiger partial charge >= 0.3 is 0 Å². The van der Waals surface area contributed by atoms with Crippen molar-refractivity contribution < 1.29 is 9.18 Å². The number of amides is 1. The maximum absolute atomic E-state index is 13.1. The quantitative estimate of drug-likeness (QED) is 0.648. The highest BCUT2D eigenvalue weighted by Crippen LogP contribution is 2.28. The topological polar surface area (TPSA) is 85.6 Å². The number of anilines is 1. The van der Waals surface area contributed by atoms with E-state index in [9.17, 15) is 9.18 Å². The standard InChI is InChI=1S/C16H17FN6OS2/c1-4-12(14(24)18-15-21-19-9(2)25-15)26-16-22-20-13(23(16)3)10-5-7-11(17)8-6-10/h5-8,12H,4H2,1-3H3,(H,18,21,24)/t12-/m0/s1. The number of hydrogen-bond donors (Lipinski definition) is 1. The summed E-state index contributed by atoms with van der Waals surface area (Å²) in [5, 5.41) is 20.5. The molecular formula is C16H17FN6OS2. The molecule has 0 radical (unpaired) electrons. The van der Waals surface area contributed by atoms with E-state index in [0.717, 1.165) is 10.6 Å². The minimum Gasteiger partial charge on any atom is -0.305 e. The van der Waals surface area contributed by atoms with E-state index in [1.165, 1.54) is 35.2 Å². The fourth-order valence-electron chi connectivity index (χ4n) is 2.25. The number of carbonyl (C=O) groups is 1. The summed E-state index contributed by atoms with van der Waals surface area (Å²) in [7, 11) is 1.82. The summed E-state index contributed by atoms with van der Waals surface area (Å²) >= 11 is 2.66. The van der Waals surface area contributed by atoms with E-state index in [-0.39, 0.29) is 17.0 Å². The molecule has 0 aliphatic rings. The van der Waals surface area contributed by atoms with Crippen LogP contribution in [-0.4, -0.2) is 36.1 Å². The molecule has 7 nitrogen and oxygen atoms in total. The first-order valence-electron chi connectivity index (χ1n) is 7.91. The first kappa shape index (κ1) is 18.5. The van der Waals surface area contributed by atoms with E-state index in [2.05, 4.69) is 25.7 Å². The minimum atomic E-state index is -0.344. The van der Waals surface area contributed by atoms with Gasteiger partial charge in [0.05, 0.1) is 5.25 Å². The zero-order valence-electron chi connectivity index (χ0n) is 14.4. The van der Waals surface area contributed by atoms with E-state index in [1.807, 2.05) is 20.9 Å². The van der Waals surface area contributed by atoms with Crippen molar-refractivity contribution in [3.05, 3.63) is 35.1 Å². The Kier molecular flexibility index (Phi) is 5.62. The minimum absolute atomic E-state index is 0.153. The molecule has 0 saturated carbocycles. The van der Waals surface area contributed by atoms with Gasteiger partial charge in [-0.25, -0.2) is 4.39 Å². The molecule has 1 amide bonds. The van der Waals surface area contributed by atoms with Crippen molar-refractivity contribution in [2.24, 2.45) is 7.05 Å². The van der Waals surface area contributed by atoms with Gasteiger partial charge in [0.25, 0.3) is 0 Å². The van der Waals surface area contributed by atoms with Crippen molar-refractivity contribution in [1.82, 2.24) is 25.0 Å². The predicted molar refractivity (Wildman–Crippen MR) is 99.6 cm³/mol. The highest BCUT2D eigenvalue weighted by atomic mass is 32.2. The molecule has 0 aliphatic heterocycles. The van der Waals surface area contributed by atoms with Crippen molar-refractivity contribution in [2.45, 2.75) is 30.7 Å². The van der Waals surface area contributed by atoms with E-state index in [4.69, 9.17) is 0 Å². The van der Waals surface area contributed by atoms with Gasteiger partial charge in [-0.1, -0.05) is 30.0 Å². The van der Waals surface area contributed by atoms with Crippen molar-refractivity contribution in [1.29, 1.82) is 0 Å². The third-order valence-corrected chi connectivity index (χ3v) is 5.76. The van der Waals surface area contributed by atoms with Crippen molar-refractivity contribution >= 4 is 34.1 Å². The number of thioether (sulfide) groups is 1. The number of rotatable bonds is 6. The van der Waals surface area contributed by atoms with Crippen LogP contribution in [0.25, 0.3) is 11.4 Å². The fourth-order valence-corrected chi connectivity index (χ4v) is 3.76. The first-order valence-corrected chi connectivity index (χ1v) is 9.60.